The highest BCUT2D eigenvalue weighted by atomic mass is 79.9. The Bertz CT molecular complexity index is 643. The zero-order chi connectivity index (χ0) is 15.2. The van der Waals surface area contributed by atoms with Crippen LogP contribution in [0.5, 0.6) is 0 Å². The first kappa shape index (κ1) is 15.1. The second-order valence-electron chi connectivity index (χ2n) is 5.98. The number of rotatable bonds is 3. The molecule has 0 aromatic heterocycles. The standard InChI is InChI=1S/C18H18BrClO/c1-3-11-4-6-12(7-5-11)16-17(18(16,2)21)13-8-14(19)10-15(20)9-13/h4-10,16-17,21H,3H2,1-2H3. The molecule has 0 spiro atoms. The summed E-state index contributed by atoms with van der Waals surface area (Å²) in [5, 5.41) is 11.4. The van der Waals surface area contributed by atoms with Crippen LogP contribution in [-0.2, 0) is 6.42 Å². The molecule has 1 fully saturated rings. The molecule has 0 amide bonds. The van der Waals surface area contributed by atoms with E-state index in [0.717, 1.165) is 16.5 Å². The van der Waals surface area contributed by atoms with Crippen LogP contribution in [0.3, 0.4) is 0 Å². The third-order valence-electron chi connectivity index (χ3n) is 4.47. The molecule has 3 heteroatoms. The molecule has 3 atom stereocenters. The SMILES string of the molecule is CCc1ccc(C2C(c3cc(Cl)cc(Br)c3)C2(C)O)cc1. The molecule has 0 radical (unpaired) electrons. The number of hydrogen-bond donors (Lipinski definition) is 1. The minimum atomic E-state index is -0.710. The van der Waals surface area contributed by atoms with Crippen molar-refractivity contribution in [1.29, 1.82) is 0 Å². The lowest BCUT2D eigenvalue weighted by Gasteiger charge is -2.04. The van der Waals surface area contributed by atoms with Gasteiger partial charge in [-0.3, -0.25) is 0 Å². The van der Waals surface area contributed by atoms with E-state index in [-0.39, 0.29) is 11.8 Å². The number of halogens is 2. The molecule has 2 aromatic rings. The van der Waals surface area contributed by atoms with Gasteiger partial charge >= 0.3 is 0 Å². The molecule has 2 aromatic carbocycles. The fourth-order valence-corrected chi connectivity index (χ4v) is 4.16. The van der Waals surface area contributed by atoms with Gasteiger partial charge in [-0.1, -0.05) is 58.7 Å². The molecule has 0 bridgehead atoms. The molecule has 110 valence electrons. The first-order valence-electron chi connectivity index (χ1n) is 7.20. The van der Waals surface area contributed by atoms with E-state index in [0.29, 0.717) is 5.02 Å². The van der Waals surface area contributed by atoms with Crippen LogP contribution in [-0.4, -0.2) is 10.7 Å². The van der Waals surface area contributed by atoms with Gasteiger partial charge in [0.1, 0.15) is 0 Å². The summed E-state index contributed by atoms with van der Waals surface area (Å²) in [6.45, 7) is 4.06. The van der Waals surface area contributed by atoms with Gasteiger partial charge in [-0.25, -0.2) is 0 Å². The Hall–Kier alpha value is -0.830. The molecule has 3 unspecified atom stereocenters. The van der Waals surface area contributed by atoms with E-state index >= 15 is 0 Å². The lowest BCUT2D eigenvalue weighted by Crippen LogP contribution is -2.05. The van der Waals surface area contributed by atoms with E-state index in [1.807, 2.05) is 25.1 Å². The normalized spacial score (nSPS) is 27.7. The highest BCUT2D eigenvalue weighted by molar-refractivity contribution is 9.10. The smallest absolute Gasteiger partial charge is 0.0770 e. The topological polar surface area (TPSA) is 20.2 Å². The zero-order valence-corrected chi connectivity index (χ0v) is 14.4. The fourth-order valence-electron chi connectivity index (χ4n) is 3.27. The van der Waals surface area contributed by atoms with Crippen LogP contribution in [0, 0.1) is 0 Å². The molecular formula is C18H18BrClO. The van der Waals surface area contributed by atoms with Crippen LogP contribution >= 0.6 is 27.5 Å². The van der Waals surface area contributed by atoms with E-state index < -0.39 is 5.60 Å². The quantitative estimate of drug-likeness (QED) is 0.783. The van der Waals surface area contributed by atoms with Crippen LogP contribution in [0.2, 0.25) is 5.02 Å². The van der Waals surface area contributed by atoms with Crippen molar-refractivity contribution in [1.82, 2.24) is 0 Å². The van der Waals surface area contributed by atoms with Crippen molar-refractivity contribution in [3.8, 4) is 0 Å². The lowest BCUT2D eigenvalue weighted by molar-refractivity contribution is 0.158. The van der Waals surface area contributed by atoms with Crippen molar-refractivity contribution in [2.45, 2.75) is 37.7 Å². The van der Waals surface area contributed by atoms with Gasteiger partial charge in [0.05, 0.1) is 5.60 Å². The third-order valence-corrected chi connectivity index (χ3v) is 5.15. The summed E-state index contributed by atoms with van der Waals surface area (Å²) in [7, 11) is 0. The molecule has 0 aliphatic heterocycles. The van der Waals surface area contributed by atoms with Gasteiger partial charge in [0, 0.05) is 21.3 Å². The maximum Gasteiger partial charge on any atom is 0.0770 e. The van der Waals surface area contributed by atoms with Crippen molar-refractivity contribution in [3.63, 3.8) is 0 Å². The summed E-state index contributed by atoms with van der Waals surface area (Å²) < 4.78 is 0.952. The molecule has 21 heavy (non-hydrogen) atoms. The molecule has 0 heterocycles. The Balaban J connectivity index is 1.93. The summed E-state index contributed by atoms with van der Waals surface area (Å²) in [6, 6.07) is 14.4. The lowest BCUT2D eigenvalue weighted by atomic mass is 10.0. The van der Waals surface area contributed by atoms with Gasteiger partial charge in [0.15, 0.2) is 0 Å². The van der Waals surface area contributed by atoms with E-state index in [4.69, 9.17) is 11.6 Å². The van der Waals surface area contributed by atoms with E-state index in [2.05, 4.69) is 47.1 Å². The van der Waals surface area contributed by atoms with Crippen molar-refractivity contribution >= 4 is 27.5 Å². The van der Waals surface area contributed by atoms with Gasteiger partial charge in [-0.2, -0.15) is 0 Å². The highest BCUT2D eigenvalue weighted by Crippen LogP contribution is 2.63. The molecular weight excluding hydrogens is 348 g/mol. The Morgan fingerprint density at radius 1 is 1.10 bits per heavy atom. The zero-order valence-electron chi connectivity index (χ0n) is 12.1. The van der Waals surface area contributed by atoms with Crippen LogP contribution in [0.25, 0.3) is 0 Å². The van der Waals surface area contributed by atoms with Gasteiger partial charge < -0.3 is 5.11 Å². The summed E-state index contributed by atoms with van der Waals surface area (Å²) in [5.74, 6) is 0.230. The molecule has 3 rings (SSSR count). The second kappa shape index (κ2) is 5.42. The van der Waals surface area contributed by atoms with Crippen LogP contribution in [0.1, 0.15) is 42.4 Å². The van der Waals surface area contributed by atoms with Gasteiger partial charge in [0.25, 0.3) is 0 Å². The van der Waals surface area contributed by atoms with E-state index in [1.165, 1.54) is 11.1 Å². The Kier molecular flexibility index (Phi) is 3.89. The largest absolute Gasteiger partial charge is 0.389 e. The second-order valence-corrected chi connectivity index (χ2v) is 7.33. The Labute approximate surface area is 139 Å². The number of benzene rings is 2. The van der Waals surface area contributed by atoms with Crippen molar-refractivity contribution in [3.05, 3.63) is 68.7 Å². The summed E-state index contributed by atoms with van der Waals surface area (Å²) in [4.78, 5) is 0. The number of aryl methyl sites for hydroxylation is 1. The molecule has 1 aliphatic carbocycles. The minimum absolute atomic E-state index is 0.0972. The first-order chi connectivity index (χ1) is 9.93. The van der Waals surface area contributed by atoms with Gasteiger partial charge in [-0.05, 0) is 48.2 Å². The number of aliphatic hydroxyl groups is 1. The van der Waals surface area contributed by atoms with Crippen molar-refractivity contribution in [2.24, 2.45) is 0 Å². The molecule has 1 nitrogen and oxygen atoms in total. The number of hydrogen-bond acceptors (Lipinski definition) is 1. The predicted molar refractivity (Wildman–Crippen MR) is 91.1 cm³/mol. The third kappa shape index (κ3) is 2.77. The average Bonchev–Trinajstić information content (AvgIpc) is 3.00. The molecule has 1 aliphatic rings. The molecule has 1 saturated carbocycles. The maximum atomic E-state index is 10.7. The maximum absolute atomic E-state index is 10.7. The summed E-state index contributed by atoms with van der Waals surface area (Å²) in [5.41, 5.74) is 2.89. The highest BCUT2D eigenvalue weighted by Gasteiger charge is 2.61. The Morgan fingerprint density at radius 3 is 2.29 bits per heavy atom. The Morgan fingerprint density at radius 2 is 1.71 bits per heavy atom. The van der Waals surface area contributed by atoms with Gasteiger partial charge in [0.2, 0.25) is 0 Å². The van der Waals surface area contributed by atoms with Crippen LogP contribution < -0.4 is 0 Å². The summed E-state index contributed by atoms with van der Waals surface area (Å²) in [6.07, 6.45) is 1.03. The van der Waals surface area contributed by atoms with E-state index in [1.54, 1.807) is 0 Å². The molecule has 0 saturated heterocycles. The van der Waals surface area contributed by atoms with Crippen molar-refractivity contribution in [2.75, 3.05) is 0 Å². The molecule has 1 N–H and O–H groups in total. The van der Waals surface area contributed by atoms with Gasteiger partial charge in [-0.15, -0.1) is 0 Å². The van der Waals surface area contributed by atoms with Crippen LogP contribution in [0.15, 0.2) is 46.9 Å². The fraction of sp³-hybridized carbons (Fsp3) is 0.333. The van der Waals surface area contributed by atoms with Crippen LogP contribution in [0.4, 0.5) is 0 Å². The predicted octanol–water partition coefficient (Wildman–Crippen LogP) is 5.30. The average molecular weight is 366 g/mol. The monoisotopic (exact) mass is 364 g/mol. The van der Waals surface area contributed by atoms with E-state index in [9.17, 15) is 5.11 Å². The van der Waals surface area contributed by atoms with Crippen molar-refractivity contribution < 1.29 is 5.11 Å². The first-order valence-corrected chi connectivity index (χ1v) is 8.37. The summed E-state index contributed by atoms with van der Waals surface area (Å²) >= 11 is 9.61. The minimum Gasteiger partial charge on any atom is -0.389 e.